The normalized spacial score (nSPS) is 11.5. The van der Waals surface area contributed by atoms with Crippen LogP contribution in [0, 0.1) is 6.92 Å². The summed E-state index contributed by atoms with van der Waals surface area (Å²) < 4.78 is 1.84. The highest BCUT2D eigenvalue weighted by Crippen LogP contribution is 2.22. The van der Waals surface area contributed by atoms with E-state index in [4.69, 9.17) is 11.6 Å². The maximum Gasteiger partial charge on any atom is 0.250 e. The van der Waals surface area contributed by atoms with Gasteiger partial charge >= 0.3 is 0 Å². The van der Waals surface area contributed by atoms with E-state index < -0.39 is 0 Å². The summed E-state index contributed by atoms with van der Waals surface area (Å²) >= 11 is 8.91. The van der Waals surface area contributed by atoms with Gasteiger partial charge in [-0.3, -0.25) is 14.5 Å². The first-order valence-corrected chi connectivity index (χ1v) is 7.79. The average molecular weight is 325 g/mol. The monoisotopic (exact) mass is 324 g/mol. The molecule has 0 aliphatic heterocycles. The number of amides is 1. The van der Waals surface area contributed by atoms with Crippen molar-refractivity contribution < 1.29 is 4.79 Å². The molecule has 1 N–H and O–H groups in total. The Balaban J connectivity index is 1.78. The molecule has 0 aliphatic carbocycles. The number of imidazole rings is 1. The number of nitrogens with zero attached hydrogens (tertiary/aromatic N) is 3. The van der Waals surface area contributed by atoms with Gasteiger partial charge in [-0.05, 0) is 13.0 Å². The molecule has 0 spiro atoms. The fraction of sp³-hybridized carbons (Fsp3) is 0.0833. The average Bonchev–Trinajstić information content (AvgIpc) is 3.05. The number of fused-ring (bicyclic) bond motifs is 1. The van der Waals surface area contributed by atoms with E-state index >= 15 is 0 Å². The number of aryl methyl sites for hydroxylation is 1. The quantitative estimate of drug-likeness (QED) is 0.750. The number of hydrogen-bond acceptors (Lipinski definition) is 5. The first kappa shape index (κ1) is 13.3. The van der Waals surface area contributed by atoms with Gasteiger partial charge in [0.1, 0.15) is 0 Å². The summed E-state index contributed by atoms with van der Waals surface area (Å²) in [5.41, 5.74) is 1.57. The van der Waals surface area contributed by atoms with Crippen LogP contribution in [0.25, 0.3) is 11.0 Å². The lowest BCUT2D eigenvalue weighted by atomic mass is 10.4. The highest BCUT2D eigenvalue weighted by molar-refractivity contribution is 7.15. The van der Waals surface area contributed by atoms with Crippen molar-refractivity contribution in [3.05, 3.63) is 39.6 Å². The molecule has 0 unspecified atom stereocenters. The Hall–Kier alpha value is -1.70. The first-order valence-electron chi connectivity index (χ1n) is 5.66. The SMILES string of the molecule is Cc1csc(NC(=O)/C=C/c2c(Cl)nc3sccn23)n1. The minimum absolute atomic E-state index is 0.249. The fourth-order valence-electron chi connectivity index (χ4n) is 1.64. The number of rotatable bonds is 3. The second kappa shape index (κ2) is 5.35. The number of aromatic nitrogens is 3. The molecule has 3 aromatic heterocycles. The van der Waals surface area contributed by atoms with Crippen LogP contribution in [-0.2, 0) is 4.79 Å². The van der Waals surface area contributed by atoms with Crippen molar-refractivity contribution in [2.45, 2.75) is 6.92 Å². The molecule has 8 heteroatoms. The zero-order chi connectivity index (χ0) is 14.1. The van der Waals surface area contributed by atoms with Crippen LogP contribution in [0.15, 0.2) is 23.0 Å². The third-order valence-corrected chi connectivity index (χ3v) is 4.41. The van der Waals surface area contributed by atoms with E-state index in [2.05, 4.69) is 15.3 Å². The van der Waals surface area contributed by atoms with E-state index in [0.717, 1.165) is 10.7 Å². The molecule has 0 bridgehead atoms. The Labute approximate surface area is 127 Å². The lowest BCUT2D eigenvalue weighted by molar-refractivity contribution is -0.111. The summed E-state index contributed by atoms with van der Waals surface area (Å²) in [7, 11) is 0. The molecule has 0 atom stereocenters. The molecule has 1 amide bonds. The van der Waals surface area contributed by atoms with Crippen molar-refractivity contribution in [2.24, 2.45) is 0 Å². The molecule has 0 radical (unpaired) electrons. The molecule has 0 saturated heterocycles. The Kier molecular flexibility index (Phi) is 3.56. The second-order valence-corrected chi connectivity index (χ2v) is 6.05. The van der Waals surface area contributed by atoms with Crippen LogP contribution in [-0.4, -0.2) is 20.3 Å². The van der Waals surface area contributed by atoms with Gasteiger partial charge in [0, 0.05) is 23.0 Å². The lowest BCUT2D eigenvalue weighted by Gasteiger charge is -1.95. The van der Waals surface area contributed by atoms with Crippen LogP contribution in [0.3, 0.4) is 0 Å². The molecule has 3 rings (SSSR count). The van der Waals surface area contributed by atoms with Crippen LogP contribution in [0.5, 0.6) is 0 Å². The van der Waals surface area contributed by atoms with Crippen LogP contribution < -0.4 is 5.32 Å². The zero-order valence-electron chi connectivity index (χ0n) is 10.3. The smallest absolute Gasteiger partial charge is 0.250 e. The fourth-order valence-corrected chi connectivity index (χ4v) is 3.34. The molecular weight excluding hydrogens is 316 g/mol. The van der Waals surface area contributed by atoms with Gasteiger partial charge < -0.3 is 0 Å². The Morgan fingerprint density at radius 1 is 1.45 bits per heavy atom. The van der Waals surface area contributed by atoms with Crippen molar-refractivity contribution in [1.82, 2.24) is 14.4 Å². The standard InChI is InChI=1S/C12H9ClN4OS2/c1-7-6-20-11(14-7)15-9(18)3-2-8-10(13)16-12-17(8)4-5-19-12/h2-6H,1H3,(H,14,15,18)/b3-2+. The summed E-state index contributed by atoms with van der Waals surface area (Å²) in [5.74, 6) is -0.249. The van der Waals surface area contributed by atoms with Gasteiger partial charge in [-0.25, -0.2) is 9.97 Å². The number of thiazole rings is 2. The molecule has 0 saturated carbocycles. The van der Waals surface area contributed by atoms with E-state index in [1.807, 2.05) is 28.3 Å². The van der Waals surface area contributed by atoms with Gasteiger partial charge in [0.05, 0.1) is 11.4 Å². The number of carbonyl (C=O) groups excluding carboxylic acids is 1. The number of hydrogen-bond donors (Lipinski definition) is 1. The van der Waals surface area contributed by atoms with Crippen LogP contribution in [0.2, 0.25) is 5.15 Å². The van der Waals surface area contributed by atoms with E-state index in [1.165, 1.54) is 28.7 Å². The van der Waals surface area contributed by atoms with Gasteiger partial charge in [0.25, 0.3) is 0 Å². The molecule has 0 aliphatic rings. The zero-order valence-corrected chi connectivity index (χ0v) is 12.7. The Morgan fingerprint density at radius 3 is 3.05 bits per heavy atom. The predicted octanol–water partition coefficient (Wildman–Crippen LogP) is 3.47. The predicted molar refractivity (Wildman–Crippen MR) is 82.6 cm³/mol. The molecule has 0 aromatic carbocycles. The molecular formula is C12H9ClN4OS2. The summed E-state index contributed by atoms with van der Waals surface area (Å²) in [4.78, 5) is 21.0. The number of carbonyl (C=O) groups is 1. The van der Waals surface area contributed by atoms with Gasteiger partial charge in [0.15, 0.2) is 15.2 Å². The maximum absolute atomic E-state index is 11.8. The number of nitrogens with one attached hydrogen (secondary N) is 1. The number of anilines is 1. The molecule has 20 heavy (non-hydrogen) atoms. The number of halogens is 1. The van der Waals surface area contributed by atoms with E-state index in [0.29, 0.717) is 16.0 Å². The van der Waals surface area contributed by atoms with Crippen molar-refractivity contribution in [3.8, 4) is 0 Å². The minimum Gasteiger partial charge on any atom is -0.298 e. The van der Waals surface area contributed by atoms with E-state index in [-0.39, 0.29) is 5.91 Å². The Morgan fingerprint density at radius 2 is 2.30 bits per heavy atom. The highest BCUT2D eigenvalue weighted by atomic mass is 35.5. The van der Waals surface area contributed by atoms with Gasteiger partial charge in [-0.2, -0.15) is 0 Å². The van der Waals surface area contributed by atoms with Gasteiger partial charge in [0.2, 0.25) is 5.91 Å². The first-order chi connectivity index (χ1) is 9.63. The third kappa shape index (κ3) is 2.60. The van der Waals surface area contributed by atoms with Gasteiger partial charge in [-0.15, -0.1) is 22.7 Å². The van der Waals surface area contributed by atoms with Crippen molar-refractivity contribution in [2.75, 3.05) is 5.32 Å². The van der Waals surface area contributed by atoms with Crippen LogP contribution in [0.1, 0.15) is 11.4 Å². The summed E-state index contributed by atoms with van der Waals surface area (Å²) in [6.45, 7) is 1.88. The highest BCUT2D eigenvalue weighted by Gasteiger charge is 2.09. The van der Waals surface area contributed by atoms with Gasteiger partial charge in [-0.1, -0.05) is 11.6 Å². The largest absolute Gasteiger partial charge is 0.298 e. The molecule has 3 heterocycles. The molecule has 102 valence electrons. The summed E-state index contributed by atoms with van der Waals surface area (Å²) in [6, 6.07) is 0. The van der Waals surface area contributed by atoms with Crippen molar-refractivity contribution in [1.29, 1.82) is 0 Å². The molecule has 3 aromatic rings. The third-order valence-electron chi connectivity index (χ3n) is 2.50. The molecule has 0 fully saturated rings. The topological polar surface area (TPSA) is 59.3 Å². The lowest BCUT2D eigenvalue weighted by Crippen LogP contribution is -2.07. The minimum atomic E-state index is -0.249. The van der Waals surface area contributed by atoms with E-state index in [9.17, 15) is 4.79 Å². The second-order valence-electron chi connectivity index (χ2n) is 3.96. The van der Waals surface area contributed by atoms with Crippen LogP contribution in [0.4, 0.5) is 5.13 Å². The maximum atomic E-state index is 11.8. The summed E-state index contributed by atoms with van der Waals surface area (Å²) in [5, 5.41) is 7.45. The van der Waals surface area contributed by atoms with Crippen molar-refractivity contribution >= 4 is 56.4 Å². The van der Waals surface area contributed by atoms with Crippen molar-refractivity contribution in [3.63, 3.8) is 0 Å². The van der Waals surface area contributed by atoms with E-state index in [1.54, 1.807) is 6.08 Å². The molecule has 5 nitrogen and oxygen atoms in total. The Bertz CT molecular complexity index is 801. The van der Waals surface area contributed by atoms with Crippen LogP contribution >= 0.6 is 34.3 Å². The summed E-state index contributed by atoms with van der Waals surface area (Å²) in [6.07, 6.45) is 4.93.